The van der Waals surface area contributed by atoms with Gasteiger partial charge in [0, 0.05) is 19.1 Å². The molecule has 0 bridgehead atoms. The summed E-state index contributed by atoms with van der Waals surface area (Å²) in [6.45, 7) is 3.44. The van der Waals surface area contributed by atoms with Crippen LogP contribution in [0, 0.1) is 5.92 Å². The van der Waals surface area contributed by atoms with E-state index in [1.54, 1.807) is 0 Å². The van der Waals surface area contributed by atoms with Crippen LogP contribution in [0.15, 0.2) is 24.3 Å². The van der Waals surface area contributed by atoms with Crippen molar-refractivity contribution in [3.8, 4) is 0 Å². The molecule has 0 aromatic heterocycles. The second kappa shape index (κ2) is 6.73. The molecule has 1 aliphatic heterocycles. The monoisotopic (exact) mass is 272 g/mol. The fourth-order valence-electron chi connectivity index (χ4n) is 4.22. The lowest BCUT2D eigenvalue weighted by molar-refractivity contribution is 0.0545. The number of hydrogen-bond donors (Lipinski definition) is 1. The van der Waals surface area contributed by atoms with Gasteiger partial charge in [0.25, 0.3) is 0 Å². The van der Waals surface area contributed by atoms with Crippen LogP contribution < -0.4 is 5.32 Å². The van der Waals surface area contributed by atoms with Crippen molar-refractivity contribution in [2.24, 2.45) is 5.92 Å². The van der Waals surface area contributed by atoms with Crippen molar-refractivity contribution in [3.05, 3.63) is 35.4 Å². The van der Waals surface area contributed by atoms with Crippen molar-refractivity contribution in [1.29, 1.82) is 0 Å². The molecule has 2 fully saturated rings. The highest BCUT2D eigenvalue weighted by Crippen LogP contribution is 2.36. The summed E-state index contributed by atoms with van der Waals surface area (Å²) in [6.07, 6.45) is 8.67. The Balaban J connectivity index is 1.73. The van der Waals surface area contributed by atoms with Crippen LogP contribution >= 0.6 is 0 Å². The molecule has 3 rings (SSSR count). The minimum Gasteiger partial charge on any atom is -0.316 e. The highest BCUT2D eigenvalue weighted by molar-refractivity contribution is 5.27. The average Bonchev–Trinajstić information content (AvgIpc) is 2.50. The minimum atomic E-state index is 0.861. The van der Waals surface area contributed by atoms with Crippen LogP contribution in [0.3, 0.4) is 0 Å². The van der Waals surface area contributed by atoms with Gasteiger partial charge in [0.05, 0.1) is 0 Å². The zero-order valence-electron chi connectivity index (χ0n) is 12.8. The molecule has 1 saturated carbocycles. The van der Waals surface area contributed by atoms with E-state index in [0.29, 0.717) is 0 Å². The third kappa shape index (κ3) is 3.07. The third-order valence-electron chi connectivity index (χ3n) is 5.22. The first-order valence-electron chi connectivity index (χ1n) is 8.34. The number of nitrogens with one attached hydrogen (secondary N) is 1. The van der Waals surface area contributed by atoms with Crippen LogP contribution in [0.4, 0.5) is 0 Å². The first-order valence-corrected chi connectivity index (χ1v) is 8.34. The molecule has 2 heteroatoms. The maximum atomic E-state index is 3.30. The zero-order valence-corrected chi connectivity index (χ0v) is 12.8. The van der Waals surface area contributed by atoms with Gasteiger partial charge in [-0.1, -0.05) is 37.1 Å². The van der Waals surface area contributed by atoms with E-state index in [1.165, 1.54) is 56.2 Å². The van der Waals surface area contributed by atoms with E-state index in [0.717, 1.165) is 25.0 Å². The normalized spacial score (nSPS) is 27.2. The second-order valence-corrected chi connectivity index (χ2v) is 6.52. The van der Waals surface area contributed by atoms with E-state index in [1.807, 2.05) is 7.05 Å². The Bertz CT molecular complexity index is 427. The molecule has 2 atom stereocenters. The summed E-state index contributed by atoms with van der Waals surface area (Å²) >= 11 is 0. The van der Waals surface area contributed by atoms with Crippen molar-refractivity contribution in [2.45, 2.75) is 57.7 Å². The van der Waals surface area contributed by atoms with Crippen molar-refractivity contribution in [1.82, 2.24) is 10.2 Å². The molecule has 1 aliphatic carbocycles. The SMILES string of the molecule is CNCc1ccccc1CN1CCC[C@H]2CCCC[C@H]21. The smallest absolute Gasteiger partial charge is 0.0240 e. The number of likely N-dealkylation sites (tertiary alicyclic amines) is 1. The average molecular weight is 272 g/mol. The second-order valence-electron chi connectivity index (χ2n) is 6.52. The summed E-state index contributed by atoms with van der Waals surface area (Å²) in [6, 6.07) is 9.81. The van der Waals surface area contributed by atoms with Gasteiger partial charge in [-0.2, -0.15) is 0 Å². The fraction of sp³-hybridized carbons (Fsp3) is 0.667. The lowest BCUT2D eigenvalue weighted by Gasteiger charge is -2.44. The fourth-order valence-corrected chi connectivity index (χ4v) is 4.22. The van der Waals surface area contributed by atoms with Crippen molar-refractivity contribution < 1.29 is 0 Å². The molecule has 0 spiro atoms. The maximum absolute atomic E-state index is 3.30. The predicted octanol–water partition coefficient (Wildman–Crippen LogP) is 3.56. The van der Waals surface area contributed by atoms with E-state index < -0.39 is 0 Å². The van der Waals surface area contributed by atoms with Crippen LogP contribution in [0.2, 0.25) is 0 Å². The molecule has 0 radical (unpaired) electrons. The lowest BCUT2D eigenvalue weighted by atomic mass is 9.78. The van der Waals surface area contributed by atoms with Gasteiger partial charge in [-0.15, -0.1) is 0 Å². The number of piperidine rings is 1. The number of fused-ring (bicyclic) bond motifs is 1. The molecule has 110 valence electrons. The summed E-state index contributed by atoms with van der Waals surface area (Å²) in [4.78, 5) is 2.78. The molecular weight excluding hydrogens is 244 g/mol. The van der Waals surface area contributed by atoms with Gasteiger partial charge >= 0.3 is 0 Å². The molecule has 20 heavy (non-hydrogen) atoms. The standard InChI is InChI=1S/C18H28N2/c1-19-13-16-8-2-3-9-17(16)14-20-12-6-10-15-7-4-5-11-18(15)20/h2-3,8-9,15,18-19H,4-7,10-14H2,1H3/t15-,18-/m1/s1. The van der Waals surface area contributed by atoms with Crippen molar-refractivity contribution in [2.75, 3.05) is 13.6 Å². The number of nitrogens with zero attached hydrogens (tertiary/aromatic N) is 1. The summed E-state index contributed by atoms with van der Waals surface area (Å²) in [5.41, 5.74) is 2.99. The Kier molecular flexibility index (Phi) is 4.74. The molecule has 2 nitrogen and oxygen atoms in total. The Morgan fingerprint density at radius 3 is 2.65 bits per heavy atom. The third-order valence-corrected chi connectivity index (χ3v) is 5.22. The van der Waals surface area contributed by atoms with Crippen LogP contribution in [-0.2, 0) is 13.1 Å². The molecular formula is C18H28N2. The number of benzene rings is 1. The summed E-state index contributed by atoms with van der Waals surface area (Å²) in [5.74, 6) is 0.981. The van der Waals surface area contributed by atoms with Gasteiger partial charge in [0.1, 0.15) is 0 Å². The highest BCUT2D eigenvalue weighted by Gasteiger charge is 2.33. The summed E-state index contributed by atoms with van der Waals surface area (Å²) in [7, 11) is 2.04. The Morgan fingerprint density at radius 2 is 1.80 bits per heavy atom. The summed E-state index contributed by atoms with van der Waals surface area (Å²) in [5, 5.41) is 3.30. The molecule has 1 aromatic rings. The first-order chi connectivity index (χ1) is 9.88. The molecule has 0 amide bonds. The van der Waals surface area contributed by atoms with E-state index in [9.17, 15) is 0 Å². The van der Waals surface area contributed by atoms with Gasteiger partial charge < -0.3 is 5.32 Å². The van der Waals surface area contributed by atoms with Crippen molar-refractivity contribution >= 4 is 0 Å². The molecule has 0 unspecified atom stereocenters. The van der Waals surface area contributed by atoms with E-state index in [-0.39, 0.29) is 0 Å². The topological polar surface area (TPSA) is 15.3 Å². The molecule has 1 aromatic carbocycles. The van der Waals surface area contributed by atoms with Gasteiger partial charge in [0.15, 0.2) is 0 Å². The largest absolute Gasteiger partial charge is 0.316 e. The minimum absolute atomic E-state index is 0.861. The molecule has 1 N–H and O–H groups in total. The van der Waals surface area contributed by atoms with Crippen LogP contribution in [0.5, 0.6) is 0 Å². The number of rotatable bonds is 4. The van der Waals surface area contributed by atoms with Gasteiger partial charge in [-0.3, -0.25) is 4.90 Å². The molecule has 1 saturated heterocycles. The summed E-state index contributed by atoms with van der Waals surface area (Å²) < 4.78 is 0. The molecule has 1 heterocycles. The van der Waals surface area contributed by atoms with Gasteiger partial charge in [-0.25, -0.2) is 0 Å². The molecule has 2 aliphatic rings. The van der Waals surface area contributed by atoms with Crippen LogP contribution in [-0.4, -0.2) is 24.5 Å². The maximum Gasteiger partial charge on any atom is 0.0240 e. The highest BCUT2D eigenvalue weighted by atomic mass is 15.2. The van der Waals surface area contributed by atoms with Crippen LogP contribution in [0.1, 0.15) is 49.7 Å². The lowest BCUT2D eigenvalue weighted by Crippen LogP contribution is -2.46. The van der Waals surface area contributed by atoms with Gasteiger partial charge in [-0.05, 0) is 56.3 Å². The Hall–Kier alpha value is -0.860. The quantitative estimate of drug-likeness (QED) is 0.901. The zero-order chi connectivity index (χ0) is 13.8. The van der Waals surface area contributed by atoms with Gasteiger partial charge in [0.2, 0.25) is 0 Å². The Morgan fingerprint density at radius 1 is 1.05 bits per heavy atom. The van der Waals surface area contributed by atoms with E-state index in [4.69, 9.17) is 0 Å². The van der Waals surface area contributed by atoms with E-state index in [2.05, 4.69) is 34.5 Å². The number of hydrogen-bond acceptors (Lipinski definition) is 2. The van der Waals surface area contributed by atoms with Crippen molar-refractivity contribution in [3.63, 3.8) is 0 Å². The first kappa shape index (κ1) is 14.1. The van der Waals surface area contributed by atoms with Crippen LogP contribution in [0.25, 0.3) is 0 Å². The van der Waals surface area contributed by atoms with E-state index >= 15 is 0 Å². The predicted molar refractivity (Wildman–Crippen MR) is 84.6 cm³/mol. The Labute approximate surface area is 123 Å².